The quantitative estimate of drug-likeness (QED) is 0.867. The van der Waals surface area contributed by atoms with E-state index in [1.165, 1.54) is 0 Å². The van der Waals surface area contributed by atoms with Crippen molar-refractivity contribution in [1.29, 1.82) is 0 Å². The molecule has 0 amide bonds. The van der Waals surface area contributed by atoms with Crippen molar-refractivity contribution in [3.8, 4) is 17.2 Å². The van der Waals surface area contributed by atoms with Crippen molar-refractivity contribution < 1.29 is 14.6 Å². The summed E-state index contributed by atoms with van der Waals surface area (Å²) in [4.78, 5) is 2.34. The van der Waals surface area contributed by atoms with Crippen molar-refractivity contribution in [2.45, 2.75) is 31.0 Å². The maximum absolute atomic E-state index is 9.63. The lowest BCUT2D eigenvalue weighted by molar-refractivity contribution is -0.148. The first-order chi connectivity index (χ1) is 13.6. The number of likely N-dealkylation sites (tertiary alicyclic amines) is 1. The minimum atomic E-state index is -0.447. The summed E-state index contributed by atoms with van der Waals surface area (Å²) in [6, 6.07) is 13.5. The number of benzene rings is 2. The van der Waals surface area contributed by atoms with E-state index in [2.05, 4.69) is 23.0 Å². The van der Waals surface area contributed by atoms with E-state index in [4.69, 9.17) is 14.6 Å². The molecule has 3 aliphatic heterocycles. The van der Waals surface area contributed by atoms with Gasteiger partial charge < -0.3 is 19.5 Å². The summed E-state index contributed by atoms with van der Waals surface area (Å²) in [5, 5.41) is 16.9. The predicted octanol–water partition coefficient (Wildman–Crippen LogP) is 3.37. The highest BCUT2D eigenvalue weighted by Crippen LogP contribution is 2.52. The Morgan fingerprint density at radius 2 is 1.89 bits per heavy atom. The summed E-state index contributed by atoms with van der Waals surface area (Å²) in [7, 11) is 3.84. The highest BCUT2D eigenvalue weighted by Gasteiger charge is 2.52. The number of phenolic OH excluding ortho intramolecular Hbond substituents is 1. The molecule has 6 heteroatoms. The number of rotatable bonds is 2. The van der Waals surface area contributed by atoms with Crippen LogP contribution in [0.15, 0.2) is 47.6 Å². The molecule has 3 heterocycles. The van der Waals surface area contributed by atoms with E-state index in [1.54, 1.807) is 19.2 Å². The molecule has 1 fully saturated rings. The van der Waals surface area contributed by atoms with Crippen LogP contribution in [0.4, 0.5) is 0 Å². The average Bonchev–Trinajstić information content (AvgIpc) is 3.17. The minimum Gasteiger partial charge on any atom is -0.508 e. The van der Waals surface area contributed by atoms with Crippen LogP contribution in [0.1, 0.15) is 36.4 Å². The van der Waals surface area contributed by atoms with Gasteiger partial charge in [-0.2, -0.15) is 5.10 Å². The topological polar surface area (TPSA) is 57.5 Å². The first-order valence-corrected chi connectivity index (χ1v) is 9.80. The van der Waals surface area contributed by atoms with Gasteiger partial charge in [0.05, 0.1) is 18.9 Å². The van der Waals surface area contributed by atoms with E-state index in [1.807, 2.05) is 24.3 Å². The van der Waals surface area contributed by atoms with Crippen LogP contribution in [0.5, 0.6) is 17.2 Å². The summed E-state index contributed by atoms with van der Waals surface area (Å²) in [6.45, 7) is 1.94. The van der Waals surface area contributed by atoms with E-state index in [0.717, 1.165) is 60.7 Å². The van der Waals surface area contributed by atoms with Gasteiger partial charge >= 0.3 is 0 Å². The van der Waals surface area contributed by atoms with Crippen molar-refractivity contribution in [3.63, 3.8) is 0 Å². The van der Waals surface area contributed by atoms with Gasteiger partial charge in [-0.15, -0.1) is 0 Å². The molecule has 1 saturated heterocycles. The molecule has 1 unspecified atom stereocenters. The molecule has 1 atom stereocenters. The van der Waals surface area contributed by atoms with Gasteiger partial charge in [0.2, 0.25) is 5.72 Å². The van der Waals surface area contributed by atoms with Crippen molar-refractivity contribution in [1.82, 2.24) is 9.91 Å². The number of hydrogen-bond donors (Lipinski definition) is 1. The molecule has 0 aliphatic carbocycles. The van der Waals surface area contributed by atoms with Gasteiger partial charge in [0.15, 0.2) is 11.5 Å². The third-order valence-corrected chi connectivity index (χ3v) is 6.18. The van der Waals surface area contributed by atoms with Crippen LogP contribution in [0.3, 0.4) is 0 Å². The number of phenols is 1. The van der Waals surface area contributed by atoms with Gasteiger partial charge in [0.1, 0.15) is 5.75 Å². The lowest BCUT2D eigenvalue weighted by atomic mass is 9.90. The van der Waals surface area contributed by atoms with Crippen LogP contribution in [-0.4, -0.2) is 53.7 Å². The zero-order valence-corrected chi connectivity index (χ0v) is 16.3. The zero-order valence-electron chi connectivity index (χ0n) is 16.3. The molecular weight excluding hydrogens is 354 g/mol. The van der Waals surface area contributed by atoms with Crippen molar-refractivity contribution in [2.75, 3.05) is 27.2 Å². The number of fused-ring (bicyclic) bond motifs is 4. The maximum Gasteiger partial charge on any atom is 0.200 e. The van der Waals surface area contributed by atoms with Gasteiger partial charge in [-0.3, -0.25) is 0 Å². The molecule has 28 heavy (non-hydrogen) atoms. The molecular formula is C22H25N3O3. The van der Waals surface area contributed by atoms with E-state index in [9.17, 15) is 5.11 Å². The van der Waals surface area contributed by atoms with Gasteiger partial charge in [-0.1, -0.05) is 12.1 Å². The predicted molar refractivity (Wildman–Crippen MR) is 107 cm³/mol. The highest BCUT2D eigenvalue weighted by atomic mass is 16.5. The number of aromatic hydroxyl groups is 1. The summed E-state index contributed by atoms with van der Waals surface area (Å²) < 4.78 is 12.3. The molecule has 5 rings (SSSR count). The first-order valence-electron chi connectivity index (χ1n) is 9.80. The second-order valence-electron chi connectivity index (χ2n) is 7.89. The van der Waals surface area contributed by atoms with E-state index < -0.39 is 5.72 Å². The zero-order chi connectivity index (χ0) is 19.3. The number of ether oxygens (including phenoxy) is 2. The average molecular weight is 379 g/mol. The van der Waals surface area contributed by atoms with Crippen LogP contribution in [0.25, 0.3) is 0 Å². The van der Waals surface area contributed by atoms with Crippen LogP contribution < -0.4 is 9.47 Å². The molecule has 1 N–H and O–H groups in total. The largest absolute Gasteiger partial charge is 0.508 e. The van der Waals surface area contributed by atoms with Crippen molar-refractivity contribution in [2.24, 2.45) is 5.10 Å². The minimum absolute atomic E-state index is 0.131. The molecule has 0 radical (unpaired) electrons. The highest BCUT2D eigenvalue weighted by molar-refractivity contribution is 6.02. The number of hydrogen-bond acceptors (Lipinski definition) is 6. The maximum atomic E-state index is 9.63. The monoisotopic (exact) mass is 379 g/mol. The summed E-state index contributed by atoms with van der Waals surface area (Å²) in [5.74, 6) is 1.91. The standard InChI is InChI=1S/C22H25N3O3/c1-24-12-10-22(11-13-24)25-19(17-4-3-5-20(27-2)21(17)28-22)14-18(23-25)15-6-8-16(26)9-7-15/h3-9,19,26H,10-14H2,1-2H3. The van der Waals surface area contributed by atoms with Crippen molar-refractivity contribution in [3.05, 3.63) is 53.6 Å². The van der Waals surface area contributed by atoms with Crippen LogP contribution in [0.2, 0.25) is 0 Å². The number of hydrazone groups is 1. The molecule has 2 aromatic rings. The van der Waals surface area contributed by atoms with E-state index in [0.29, 0.717) is 0 Å². The fourth-order valence-corrected chi connectivity index (χ4v) is 4.56. The molecule has 0 aromatic heterocycles. The lowest BCUT2D eigenvalue weighted by Gasteiger charge is -2.50. The lowest BCUT2D eigenvalue weighted by Crippen LogP contribution is -2.58. The second-order valence-corrected chi connectivity index (χ2v) is 7.89. The normalized spacial score (nSPS) is 23.0. The summed E-state index contributed by atoms with van der Waals surface area (Å²) in [5.41, 5.74) is 2.75. The Morgan fingerprint density at radius 1 is 1.14 bits per heavy atom. The molecule has 2 aromatic carbocycles. The number of para-hydroxylation sites is 1. The summed E-state index contributed by atoms with van der Waals surface area (Å²) >= 11 is 0. The molecule has 1 spiro atoms. The Balaban J connectivity index is 1.60. The van der Waals surface area contributed by atoms with E-state index in [-0.39, 0.29) is 11.8 Å². The molecule has 146 valence electrons. The SMILES string of the molecule is COc1cccc2c1OC1(CCN(C)CC1)N1N=C(c3ccc(O)cc3)CC21. The third-order valence-electron chi connectivity index (χ3n) is 6.18. The summed E-state index contributed by atoms with van der Waals surface area (Å²) in [6.07, 6.45) is 2.60. The Hall–Kier alpha value is -2.73. The Kier molecular flexibility index (Phi) is 3.98. The fraction of sp³-hybridized carbons (Fsp3) is 0.409. The van der Waals surface area contributed by atoms with Crippen molar-refractivity contribution >= 4 is 5.71 Å². The van der Waals surface area contributed by atoms with Crippen LogP contribution in [-0.2, 0) is 0 Å². The van der Waals surface area contributed by atoms with Gasteiger partial charge in [0, 0.05) is 37.9 Å². The number of piperidine rings is 1. The molecule has 6 nitrogen and oxygen atoms in total. The first kappa shape index (κ1) is 17.4. The van der Waals surface area contributed by atoms with Gasteiger partial charge in [0.25, 0.3) is 0 Å². The molecule has 0 bridgehead atoms. The molecule has 0 saturated carbocycles. The smallest absolute Gasteiger partial charge is 0.200 e. The second kappa shape index (κ2) is 6.41. The van der Waals surface area contributed by atoms with Crippen LogP contribution >= 0.6 is 0 Å². The van der Waals surface area contributed by atoms with Gasteiger partial charge in [-0.05, 0) is 42.9 Å². The van der Waals surface area contributed by atoms with Gasteiger partial charge in [-0.25, -0.2) is 5.01 Å². The Morgan fingerprint density at radius 3 is 2.61 bits per heavy atom. The third kappa shape index (κ3) is 2.63. The number of methoxy groups -OCH3 is 1. The van der Waals surface area contributed by atoms with Crippen LogP contribution in [0, 0.1) is 0 Å². The number of nitrogens with zero attached hydrogens (tertiary/aromatic N) is 3. The Bertz CT molecular complexity index is 917. The fourth-order valence-electron chi connectivity index (χ4n) is 4.56. The van der Waals surface area contributed by atoms with E-state index >= 15 is 0 Å². The molecule has 3 aliphatic rings. The Labute approximate surface area is 165 Å².